The molecule has 1 N–H and O–H groups in total. The predicted octanol–water partition coefficient (Wildman–Crippen LogP) is 2.85. The molecule has 1 aromatic carbocycles. The van der Waals surface area contributed by atoms with Crippen LogP contribution in [0.1, 0.15) is 17.5 Å². The van der Waals surface area contributed by atoms with Crippen LogP contribution in [0.2, 0.25) is 0 Å². The van der Waals surface area contributed by atoms with Gasteiger partial charge in [0.25, 0.3) is 0 Å². The average molecular weight is 329 g/mol. The van der Waals surface area contributed by atoms with Crippen molar-refractivity contribution >= 4 is 11.0 Å². The predicted molar refractivity (Wildman–Crippen MR) is 80.3 cm³/mol. The first-order chi connectivity index (χ1) is 10.8. The SMILES string of the molecule is Cc1ccc2c(CN(CCCO)CC(F)(F)F)cc(=O)oc2c1. The summed E-state index contributed by atoms with van der Waals surface area (Å²) >= 11 is 0. The van der Waals surface area contributed by atoms with Crippen LogP contribution in [-0.2, 0) is 6.54 Å². The molecule has 0 saturated heterocycles. The topological polar surface area (TPSA) is 53.7 Å². The van der Waals surface area contributed by atoms with Gasteiger partial charge < -0.3 is 9.52 Å². The lowest BCUT2D eigenvalue weighted by molar-refractivity contribution is -0.147. The van der Waals surface area contributed by atoms with Crippen LogP contribution < -0.4 is 5.63 Å². The minimum atomic E-state index is -4.35. The lowest BCUT2D eigenvalue weighted by Gasteiger charge is -2.23. The summed E-state index contributed by atoms with van der Waals surface area (Å²) in [6.07, 6.45) is -4.12. The van der Waals surface area contributed by atoms with Gasteiger partial charge in [-0.2, -0.15) is 13.2 Å². The Hall–Kier alpha value is -1.86. The Balaban J connectivity index is 2.35. The standard InChI is InChI=1S/C16H18F3NO3/c1-11-3-4-13-12(8-15(22)23-14(13)7-11)9-20(5-2-6-21)10-16(17,18)19/h3-4,7-8,21H,2,5-6,9-10H2,1H3. The highest BCUT2D eigenvalue weighted by Gasteiger charge is 2.30. The number of nitrogens with zero attached hydrogens (tertiary/aromatic N) is 1. The summed E-state index contributed by atoms with van der Waals surface area (Å²) in [6, 6.07) is 6.45. The molecule has 0 bridgehead atoms. The van der Waals surface area contributed by atoms with Crippen molar-refractivity contribution in [1.82, 2.24) is 4.90 Å². The molecule has 0 amide bonds. The van der Waals surface area contributed by atoms with E-state index in [0.717, 1.165) is 5.56 Å². The summed E-state index contributed by atoms with van der Waals surface area (Å²) in [5.41, 5.74) is 1.15. The Kier molecular flexibility index (Phi) is 5.43. The zero-order valence-electron chi connectivity index (χ0n) is 12.7. The van der Waals surface area contributed by atoms with Crippen LogP contribution in [-0.4, -0.2) is 35.9 Å². The lowest BCUT2D eigenvalue weighted by atomic mass is 10.1. The minimum absolute atomic E-state index is 0.0370. The number of aliphatic hydroxyl groups excluding tert-OH is 1. The van der Waals surface area contributed by atoms with Crippen molar-refractivity contribution in [2.45, 2.75) is 26.1 Å². The summed E-state index contributed by atoms with van der Waals surface area (Å²) in [5.74, 6) is 0. The van der Waals surface area contributed by atoms with E-state index < -0.39 is 18.3 Å². The highest BCUT2D eigenvalue weighted by Crippen LogP contribution is 2.22. The van der Waals surface area contributed by atoms with E-state index in [9.17, 15) is 18.0 Å². The Morgan fingerprint density at radius 3 is 2.65 bits per heavy atom. The molecule has 0 aliphatic rings. The zero-order chi connectivity index (χ0) is 17.0. The van der Waals surface area contributed by atoms with Crippen LogP contribution in [0.5, 0.6) is 0 Å². The van der Waals surface area contributed by atoms with Crippen LogP contribution in [0.3, 0.4) is 0 Å². The third-order valence-corrected chi connectivity index (χ3v) is 3.41. The van der Waals surface area contributed by atoms with Crippen molar-refractivity contribution in [3.8, 4) is 0 Å². The van der Waals surface area contributed by atoms with Gasteiger partial charge in [0.05, 0.1) is 6.54 Å². The summed E-state index contributed by atoms with van der Waals surface area (Å²) in [6.45, 7) is 0.601. The molecule has 0 fully saturated rings. The Bertz CT molecular complexity index is 725. The molecule has 0 unspecified atom stereocenters. The molecule has 0 aliphatic carbocycles. The average Bonchev–Trinajstić information content (AvgIpc) is 2.42. The number of hydrogen-bond donors (Lipinski definition) is 1. The number of benzene rings is 1. The van der Waals surface area contributed by atoms with Crippen molar-refractivity contribution in [2.24, 2.45) is 0 Å². The van der Waals surface area contributed by atoms with E-state index in [1.165, 1.54) is 11.0 Å². The number of aryl methyl sites for hydroxylation is 1. The minimum Gasteiger partial charge on any atom is -0.423 e. The number of aliphatic hydroxyl groups is 1. The molecule has 0 radical (unpaired) electrons. The van der Waals surface area contributed by atoms with Gasteiger partial charge in [0, 0.05) is 31.1 Å². The molecule has 1 heterocycles. The Labute approximate surface area is 131 Å². The van der Waals surface area contributed by atoms with Gasteiger partial charge in [-0.05, 0) is 30.5 Å². The smallest absolute Gasteiger partial charge is 0.401 e. The third-order valence-electron chi connectivity index (χ3n) is 3.41. The maximum atomic E-state index is 12.7. The van der Waals surface area contributed by atoms with Crippen LogP contribution in [0.15, 0.2) is 33.5 Å². The largest absolute Gasteiger partial charge is 0.423 e. The molecule has 2 aromatic rings. The number of rotatable bonds is 6. The molecule has 4 nitrogen and oxygen atoms in total. The van der Waals surface area contributed by atoms with Gasteiger partial charge in [-0.25, -0.2) is 4.79 Å². The molecule has 1 aromatic heterocycles. The van der Waals surface area contributed by atoms with E-state index >= 15 is 0 Å². The van der Waals surface area contributed by atoms with Crippen LogP contribution in [0.25, 0.3) is 11.0 Å². The molecule has 23 heavy (non-hydrogen) atoms. The number of halogens is 3. The van der Waals surface area contributed by atoms with Gasteiger partial charge in [0.15, 0.2) is 0 Å². The fraction of sp³-hybridized carbons (Fsp3) is 0.438. The van der Waals surface area contributed by atoms with Crippen LogP contribution in [0, 0.1) is 6.92 Å². The summed E-state index contributed by atoms with van der Waals surface area (Å²) in [7, 11) is 0. The van der Waals surface area contributed by atoms with E-state index in [4.69, 9.17) is 9.52 Å². The number of hydrogen-bond acceptors (Lipinski definition) is 4. The third kappa shape index (κ3) is 5.07. The second-order valence-electron chi connectivity index (χ2n) is 5.49. The van der Waals surface area contributed by atoms with Crippen molar-refractivity contribution < 1.29 is 22.7 Å². The quantitative estimate of drug-likeness (QED) is 0.828. The Morgan fingerprint density at radius 1 is 1.26 bits per heavy atom. The van der Waals surface area contributed by atoms with Gasteiger partial charge in [-0.15, -0.1) is 0 Å². The molecular weight excluding hydrogens is 311 g/mol. The van der Waals surface area contributed by atoms with Gasteiger partial charge in [-0.3, -0.25) is 4.90 Å². The first-order valence-electron chi connectivity index (χ1n) is 7.22. The molecular formula is C16H18F3NO3. The first kappa shape index (κ1) is 17.5. The highest BCUT2D eigenvalue weighted by atomic mass is 19.4. The molecule has 126 valence electrons. The fourth-order valence-corrected chi connectivity index (χ4v) is 2.47. The molecule has 2 rings (SSSR count). The number of fused-ring (bicyclic) bond motifs is 1. The van der Waals surface area contributed by atoms with E-state index in [1.807, 2.05) is 13.0 Å². The van der Waals surface area contributed by atoms with Crippen LogP contribution in [0.4, 0.5) is 13.2 Å². The van der Waals surface area contributed by atoms with E-state index in [0.29, 0.717) is 16.5 Å². The van der Waals surface area contributed by atoms with E-state index in [1.54, 1.807) is 12.1 Å². The van der Waals surface area contributed by atoms with E-state index in [-0.39, 0.29) is 26.1 Å². The molecule has 0 aliphatic heterocycles. The lowest BCUT2D eigenvalue weighted by Crippen LogP contribution is -2.35. The summed E-state index contributed by atoms with van der Waals surface area (Å²) in [5, 5.41) is 9.47. The summed E-state index contributed by atoms with van der Waals surface area (Å²) in [4.78, 5) is 12.8. The second-order valence-corrected chi connectivity index (χ2v) is 5.49. The number of alkyl halides is 3. The van der Waals surface area contributed by atoms with Crippen molar-refractivity contribution in [3.63, 3.8) is 0 Å². The summed E-state index contributed by atoms with van der Waals surface area (Å²) < 4.78 is 43.2. The van der Waals surface area contributed by atoms with Gasteiger partial charge in [0.2, 0.25) is 0 Å². The maximum Gasteiger partial charge on any atom is 0.401 e. The maximum absolute atomic E-state index is 12.7. The highest BCUT2D eigenvalue weighted by molar-refractivity contribution is 5.80. The van der Waals surface area contributed by atoms with Crippen molar-refractivity contribution in [2.75, 3.05) is 19.7 Å². The van der Waals surface area contributed by atoms with Gasteiger partial charge in [0.1, 0.15) is 5.58 Å². The van der Waals surface area contributed by atoms with Gasteiger partial charge >= 0.3 is 11.8 Å². The Morgan fingerprint density at radius 2 is 2.00 bits per heavy atom. The normalized spacial score (nSPS) is 12.3. The molecule has 7 heteroatoms. The van der Waals surface area contributed by atoms with E-state index in [2.05, 4.69) is 0 Å². The zero-order valence-corrected chi connectivity index (χ0v) is 12.7. The first-order valence-corrected chi connectivity index (χ1v) is 7.22. The monoisotopic (exact) mass is 329 g/mol. The molecule has 0 saturated carbocycles. The fourth-order valence-electron chi connectivity index (χ4n) is 2.47. The molecule has 0 atom stereocenters. The molecule has 0 spiro atoms. The van der Waals surface area contributed by atoms with Crippen molar-refractivity contribution in [3.05, 3.63) is 45.8 Å². The van der Waals surface area contributed by atoms with Crippen molar-refractivity contribution in [1.29, 1.82) is 0 Å². The van der Waals surface area contributed by atoms with Crippen LogP contribution >= 0.6 is 0 Å². The van der Waals surface area contributed by atoms with Gasteiger partial charge in [-0.1, -0.05) is 12.1 Å². The second kappa shape index (κ2) is 7.14.